The molecule has 107 heavy (non-hydrogen) atoms. The maximum atomic E-state index is 12.8. The molecule has 0 saturated carbocycles. The van der Waals surface area contributed by atoms with E-state index in [1.54, 1.807) is 101 Å². The van der Waals surface area contributed by atoms with E-state index in [4.69, 9.17) is 43.4 Å². The van der Waals surface area contributed by atoms with Crippen molar-refractivity contribution >= 4 is 23.7 Å². The Balaban J connectivity index is 0.000000318. The Morgan fingerprint density at radius 1 is 0.336 bits per heavy atom. The molecule has 4 aromatic carbocycles. The lowest BCUT2D eigenvalue weighted by molar-refractivity contribution is -0.141. The number of aliphatic hydroxyl groups is 1. The number of rotatable bonds is 15. The largest absolute Gasteiger partial charge is 0.481 e. The molecule has 12 rings (SSSR count). The minimum absolute atomic E-state index is 0. The lowest BCUT2D eigenvalue weighted by atomic mass is 10.1. The monoisotopic (exact) mass is 1520 g/mol. The Hall–Kier alpha value is -6.36. The Morgan fingerprint density at radius 3 is 0.794 bits per heavy atom. The molecule has 0 radical (unpaired) electrons. The summed E-state index contributed by atoms with van der Waals surface area (Å²) in [5.74, 6) is -2.15. The van der Waals surface area contributed by atoms with Crippen LogP contribution in [-0.4, -0.2) is 373 Å². The average molecular weight is 1520 g/mol. The zero-order valence-corrected chi connectivity index (χ0v) is 65.2. The van der Waals surface area contributed by atoms with Gasteiger partial charge in [-0.1, -0.05) is 56.0 Å². The van der Waals surface area contributed by atoms with Crippen molar-refractivity contribution in [3.05, 3.63) is 143 Å². The highest BCUT2D eigenvalue weighted by Gasteiger charge is 2.33. The van der Waals surface area contributed by atoms with Crippen molar-refractivity contribution in [3.8, 4) is 0 Å². The summed E-state index contributed by atoms with van der Waals surface area (Å²) in [5.41, 5.74) is 12.3. The summed E-state index contributed by atoms with van der Waals surface area (Å²) in [6.45, 7) is 13.3. The summed E-state index contributed by atoms with van der Waals surface area (Å²) in [4.78, 5) is 46.2. The van der Waals surface area contributed by atoms with E-state index in [-0.39, 0.29) is 98.5 Å². The summed E-state index contributed by atoms with van der Waals surface area (Å²) in [6.07, 6.45) is 2.38. The predicted molar refractivity (Wildman–Crippen MR) is 402 cm³/mol. The lowest BCUT2D eigenvalue weighted by Gasteiger charge is -2.23. The van der Waals surface area contributed by atoms with E-state index >= 15 is 0 Å². The van der Waals surface area contributed by atoms with Gasteiger partial charge < -0.3 is 43.4 Å². The summed E-state index contributed by atoms with van der Waals surface area (Å²) >= 11 is 0. The lowest BCUT2D eigenvalue weighted by Crippen LogP contribution is -2.39. The first-order valence-corrected chi connectivity index (χ1v) is 35.2. The Morgan fingerprint density at radius 2 is 0.579 bits per heavy atom. The van der Waals surface area contributed by atoms with Crippen LogP contribution in [0.25, 0.3) is 0 Å². The molecule has 33 heteroatoms. The normalized spacial score (nSPS) is 22.0. The molecule has 3 amide bonds. The molecule has 0 bridgehead atoms. The van der Waals surface area contributed by atoms with Crippen LogP contribution in [-0.2, 0) is 78.0 Å². The first kappa shape index (κ1) is 94.8. The van der Waals surface area contributed by atoms with Gasteiger partial charge in [0.05, 0.1) is 94.1 Å². The molecule has 0 aliphatic carbocycles. The van der Waals surface area contributed by atoms with Gasteiger partial charge in [0, 0.05) is 205 Å². The maximum absolute atomic E-state index is 12.8. The second-order valence-corrected chi connectivity index (χ2v) is 26.8. The number of carboxylic acids is 1. The van der Waals surface area contributed by atoms with E-state index in [1.807, 2.05) is 72.3 Å². The van der Waals surface area contributed by atoms with Crippen LogP contribution in [0.15, 0.2) is 97.1 Å². The summed E-state index contributed by atoms with van der Waals surface area (Å²) in [5, 5.41) is 42.7. The van der Waals surface area contributed by atoms with Crippen LogP contribution in [0.3, 0.4) is 0 Å². The molecule has 8 aliphatic heterocycles. The van der Waals surface area contributed by atoms with Gasteiger partial charge in [-0.05, 0) is 70.8 Å². The van der Waals surface area contributed by atoms with E-state index in [0.717, 1.165) is 82.1 Å². The fourth-order valence-electron chi connectivity index (χ4n) is 11.5. The number of ether oxygens (including phenoxy) is 7. The van der Waals surface area contributed by atoms with Crippen LogP contribution in [0, 0.1) is 23.3 Å². The van der Waals surface area contributed by atoms with Crippen molar-refractivity contribution in [1.29, 1.82) is 0 Å². The number of methoxy groups -OCH3 is 7. The van der Waals surface area contributed by atoms with Crippen LogP contribution in [0.1, 0.15) is 29.7 Å². The van der Waals surface area contributed by atoms with E-state index in [0.29, 0.717) is 69.2 Å². The molecule has 8 fully saturated rings. The van der Waals surface area contributed by atoms with Gasteiger partial charge in [0.2, 0.25) is 17.7 Å². The molecule has 0 aromatic heterocycles. The number of nitrogens with one attached hydrogen (secondary N) is 3. The second kappa shape index (κ2) is 50.4. The molecular formula is C74H124F4N16O13. The number of carbonyl (C=O) groups excluding carboxylic acids is 3. The number of carboxylic acid groups (broad SMARTS) is 1. The number of halogens is 4. The van der Waals surface area contributed by atoms with Crippen LogP contribution in [0.2, 0.25) is 0 Å². The van der Waals surface area contributed by atoms with Crippen molar-refractivity contribution in [1.82, 2.24) is 81.4 Å². The Bertz CT molecular complexity index is 2970. The minimum Gasteiger partial charge on any atom is -0.481 e. The van der Waals surface area contributed by atoms with Crippen molar-refractivity contribution in [3.63, 3.8) is 0 Å². The first-order valence-electron chi connectivity index (χ1n) is 35.2. The number of hydrogen-bond donors (Lipinski definition) is 5. The molecule has 29 nitrogen and oxygen atoms in total. The zero-order chi connectivity index (χ0) is 78.6. The number of nitrogens with zero attached hydrogens (tertiary/aromatic N) is 13. The Kier molecular flexibility index (Phi) is 44.7. The molecule has 8 heterocycles. The van der Waals surface area contributed by atoms with Crippen LogP contribution < -0.4 is 16.3 Å². The number of carbonyl (C=O) groups is 4. The van der Waals surface area contributed by atoms with Gasteiger partial charge in [-0.2, -0.15) is 0 Å². The third-order valence-electron chi connectivity index (χ3n) is 18.4. The van der Waals surface area contributed by atoms with Gasteiger partial charge in [-0.15, -0.1) is 0 Å². The van der Waals surface area contributed by atoms with Crippen molar-refractivity contribution in [2.45, 2.75) is 81.9 Å². The molecule has 5 unspecified atom stereocenters. The van der Waals surface area contributed by atoms with Gasteiger partial charge in [-0.3, -0.25) is 45.1 Å². The molecule has 606 valence electrons. The summed E-state index contributed by atoms with van der Waals surface area (Å²) < 4.78 is 86.6. The van der Waals surface area contributed by atoms with E-state index < -0.39 is 5.97 Å². The standard InChI is InChI=1S/2C13H17FN2O2.C12H15FN2O2.C8H7FO2.2C6H14N2O.3C5H12N2O.CH4/c2*1-15-8-12(18-2)9-16(15)13(17)7-10-3-5-11(14)6-4-10;1-17-11-7-14-15(8-11)12(16)6-9-2-4-10(13)5-3-9;9-7-3-1-6(2-4-7)5-8(10)11;2*1-7-4-6(9-3)5-8(7)2;2*1-7-4-5(8-2)3-6-7;1-6-3-5(8)4-7(6)2;/h2*3-6,12H,7-9H2,1-2H3;2-5,11,14H,6-8H2,1H3;1-4H,5H2,(H,10,11);2*6H,4-5H2,1-3H3;2*5-6H,3-4H2,1-2H3;5,8H,3-4H2,1-2H3;1H4. The molecule has 4 aromatic rings. The van der Waals surface area contributed by atoms with Gasteiger partial charge in [0.15, 0.2) is 0 Å². The van der Waals surface area contributed by atoms with Crippen LogP contribution >= 0.6 is 0 Å². The average Bonchev–Trinajstić information content (AvgIpc) is 1.72. The Labute approximate surface area is 632 Å². The van der Waals surface area contributed by atoms with Gasteiger partial charge in [-0.25, -0.2) is 73.1 Å². The number of benzene rings is 4. The topological polar surface area (TPSA) is 252 Å². The fraction of sp³-hybridized carbons (Fsp3) is 0.622. The maximum Gasteiger partial charge on any atom is 0.307 e. The third kappa shape index (κ3) is 35.9. The van der Waals surface area contributed by atoms with Crippen LogP contribution in [0.4, 0.5) is 17.6 Å². The molecule has 8 saturated heterocycles. The fourth-order valence-corrected chi connectivity index (χ4v) is 11.5. The highest BCUT2D eigenvalue weighted by Crippen LogP contribution is 2.17. The van der Waals surface area contributed by atoms with Crippen LogP contribution in [0.5, 0.6) is 0 Å². The van der Waals surface area contributed by atoms with E-state index in [2.05, 4.69) is 64.5 Å². The number of hydrogen-bond acceptors (Lipinski definition) is 25. The quantitative estimate of drug-likeness (QED) is 0.107. The number of aliphatic hydroxyl groups excluding tert-OH is 1. The number of likely N-dealkylation sites (N-methyl/N-ethyl adjacent to an activating group) is 10. The second-order valence-electron chi connectivity index (χ2n) is 26.8. The molecule has 8 aliphatic rings. The van der Waals surface area contributed by atoms with Gasteiger partial charge in [0.25, 0.3) is 0 Å². The predicted octanol–water partition coefficient (Wildman–Crippen LogP) is 2.59. The summed E-state index contributed by atoms with van der Waals surface area (Å²) in [7, 11) is 31.9. The SMILES string of the molecule is C.CN1CC(O)CN1C.COC1CN(C)N(C(=O)Cc2ccc(F)cc2)C1.COC1CN(C)N(C(=O)Cc2ccc(F)cc2)C1.COC1CN(C)N(C)C1.COC1CN(C)N(C)C1.COC1CNN(C(=O)Cc2ccc(F)cc2)C1.COC1CNN(C)C1.COC1CNN(C)C1.O=C(O)Cc1ccc(F)cc1. The van der Waals surface area contributed by atoms with E-state index in [1.165, 1.54) is 60.7 Å². The minimum atomic E-state index is -0.906. The summed E-state index contributed by atoms with van der Waals surface area (Å²) in [6, 6.07) is 23.4. The smallest absolute Gasteiger partial charge is 0.307 e. The van der Waals surface area contributed by atoms with E-state index in [9.17, 15) is 36.7 Å². The number of aliphatic carboxylic acids is 1. The number of hydrazine groups is 8. The van der Waals surface area contributed by atoms with Crippen molar-refractivity contribution in [2.24, 2.45) is 0 Å². The number of amides is 3. The zero-order valence-electron chi connectivity index (χ0n) is 65.2. The molecule has 0 spiro atoms. The first-order chi connectivity index (χ1) is 50.4. The molecule has 5 atom stereocenters. The molecular weight excluding hydrogens is 1400 g/mol. The highest BCUT2D eigenvalue weighted by atomic mass is 19.1. The molecule has 5 N–H and O–H groups in total. The van der Waals surface area contributed by atoms with Gasteiger partial charge >= 0.3 is 5.97 Å². The third-order valence-corrected chi connectivity index (χ3v) is 18.4. The number of β-amino-alcohol motifs (C(OH)–C–C–N with tert-alkyl or cyclic N) is 1. The van der Waals surface area contributed by atoms with Crippen molar-refractivity contribution in [2.75, 3.05) is 225 Å². The highest BCUT2D eigenvalue weighted by molar-refractivity contribution is 5.79. The van der Waals surface area contributed by atoms with Gasteiger partial charge in [0.1, 0.15) is 23.3 Å². The van der Waals surface area contributed by atoms with Crippen molar-refractivity contribution < 1.29 is 80.1 Å².